The number of ketones is 1. The third-order valence-electron chi connectivity index (χ3n) is 4.19. The number of rotatable bonds is 7. The van der Waals surface area contributed by atoms with E-state index in [0.29, 0.717) is 17.7 Å². The second kappa shape index (κ2) is 8.27. The number of Topliss-reactive ketones (excluding diaryl/α,β-unsaturated/α-hetero) is 1. The van der Waals surface area contributed by atoms with Crippen molar-refractivity contribution in [2.24, 2.45) is 5.92 Å². The van der Waals surface area contributed by atoms with Gasteiger partial charge in [-0.2, -0.15) is 5.26 Å². The molecule has 6 nitrogen and oxygen atoms in total. The highest BCUT2D eigenvalue weighted by atomic mass is 32.2. The van der Waals surface area contributed by atoms with Gasteiger partial charge in [0, 0.05) is 23.6 Å². The number of carbonyl (C=O) groups excluding carboxylic acids is 1. The van der Waals surface area contributed by atoms with Crippen LogP contribution in [0.4, 0.5) is 5.69 Å². The lowest BCUT2D eigenvalue weighted by molar-refractivity contribution is 0.0840. The predicted molar refractivity (Wildman–Crippen MR) is 93.3 cm³/mol. The fraction of sp³-hybridized carbons (Fsp3) is 0.529. The number of piperidine rings is 1. The van der Waals surface area contributed by atoms with Gasteiger partial charge in [-0.3, -0.25) is 9.52 Å². The van der Waals surface area contributed by atoms with Gasteiger partial charge in [0.05, 0.1) is 12.3 Å². The van der Waals surface area contributed by atoms with Crippen LogP contribution >= 0.6 is 0 Å². The second-order valence-electron chi connectivity index (χ2n) is 6.19. The van der Waals surface area contributed by atoms with Crippen molar-refractivity contribution in [1.29, 1.82) is 5.26 Å². The van der Waals surface area contributed by atoms with E-state index in [1.807, 2.05) is 0 Å². The van der Waals surface area contributed by atoms with Crippen molar-refractivity contribution in [3.63, 3.8) is 0 Å². The van der Waals surface area contributed by atoms with Gasteiger partial charge in [0.25, 0.3) is 0 Å². The number of benzene rings is 1. The van der Waals surface area contributed by atoms with Gasteiger partial charge in [-0.05, 0) is 63.2 Å². The topological polar surface area (TPSA) is 90.3 Å². The van der Waals surface area contributed by atoms with Gasteiger partial charge in [0.15, 0.2) is 5.78 Å². The van der Waals surface area contributed by atoms with Gasteiger partial charge < -0.3 is 4.90 Å². The lowest BCUT2D eigenvalue weighted by Crippen LogP contribution is -2.36. The van der Waals surface area contributed by atoms with Crippen molar-refractivity contribution < 1.29 is 13.2 Å². The Morgan fingerprint density at radius 2 is 1.92 bits per heavy atom. The summed E-state index contributed by atoms with van der Waals surface area (Å²) in [5.74, 6) is 0.142. The Morgan fingerprint density at radius 3 is 2.46 bits per heavy atom. The van der Waals surface area contributed by atoms with Crippen molar-refractivity contribution in [3.05, 3.63) is 29.8 Å². The summed E-state index contributed by atoms with van der Waals surface area (Å²) in [6, 6.07) is 8.74. The number of sulfonamides is 1. The van der Waals surface area contributed by atoms with Crippen LogP contribution in [0.1, 0.15) is 36.0 Å². The molecule has 130 valence electrons. The molecule has 0 spiro atoms. The van der Waals surface area contributed by atoms with Crippen molar-refractivity contribution in [1.82, 2.24) is 4.90 Å². The van der Waals surface area contributed by atoms with Crippen LogP contribution < -0.4 is 4.72 Å². The SMILES string of the molecule is CS(=O)(=O)Nc1ccc(C(=O)C2CCN(CCCC#N)CC2)cc1. The second-order valence-corrected chi connectivity index (χ2v) is 7.94. The Kier molecular flexibility index (Phi) is 6.35. The highest BCUT2D eigenvalue weighted by Crippen LogP contribution is 2.23. The number of nitriles is 1. The molecule has 1 fully saturated rings. The first-order valence-electron chi connectivity index (χ1n) is 8.10. The summed E-state index contributed by atoms with van der Waals surface area (Å²) < 4.78 is 24.8. The molecule has 24 heavy (non-hydrogen) atoms. The average molecular weight is 349 g/mol. The van der Waals surface area contributed by atoms with Crippen LogP contribution in [0.5, 0.6) is 0 Å². The van der Waals surface area contributed by atoms with Crippen LogP contribution in [0.15, 0.2) is 24.3 Å². The molecular weight excluding hydrogens is 326 g/mol. The number of nitrogens with zero attached hydrogens (tertiary/aromatic N) is 2. The van der Waals surface area contributed by atoms with Crippen LogP contribution in [0.3, 0.4) is 0 Å². The van der Waals surface area contributed by atoms with Gasteiger partial charge in [0.1, 0.15) is 0 Å². The molecule has 0 saturated carbocycles. The van der Waals surface area contributed by atoms with Crippen LogP contribution in [-0.4, -0.2) is 45.0 Å². The van der Waals surface area contributed by atoms with Crippen molar-refractivity contribution in [3.8, 4) is 6.07 Å². The molecular formula is C17H23N3O3S. The molecule has 1 aromatic carbocycles. The van der Waals surface area contributed by atoms with E-state index in [4.69, 9.17) is 5.26 Å². The lowest BCUT2D eigenvalue weighted by atomic mass is 9.89. The number of carbonyl (C=O) groups is 1. The van der Waals surface area contributed by atoms with Gasteiger partial charge in [0.2, 0.25) is 10.0 Å². The summed E-state index contributed by atoms with van der Waals surface area (Å²) >= 11 is 0. The molecule has 2 rings (SSSR count). The molecule has 0 radical (unpaired) electrons. The monoisotopic (exact) mass is 349 g/mol. The Morgan fingerprint density at radius 1 is 1.29 bits per heavy atom. The van der Waals surface area contributed by atoms with Crippen molar-refractivity contribution in [2.75, 3.05) is 30.6 Å². The lowest BCUT2D eigenvalue weighted by Gasteiger charge is -2.31. The molecule has 0 atom stereocenters. The summed E-state index contributed by atoms with van der Waals surface area (Å²) in [7, 11) is -3.31. The van der Waals surface area contributed by atoms with E-state index in [-0.39, 0.29) is 11.7 Å². The van der Waals surface area contributed by atoms with Crippen LogP contribution in [0.2, 0.25) is 0 Å². The van der Waals surface area contributed by atoms with Gasteiger partial charge >= 0.3 is 0 Å². The smallest absolute Gasteiger partial charge is 0.229 e. The molecule has 1 heterocycles. The minimum atomic E-state index is -3.31. The van der Waals surface area contributed by atoms with E-state index in [9.17, 15) is 13.2 Å². The molecule has 0 aliphatic carbocycles. The average Bonchev–Trinajstić information content (AvgIpc) is 2.54. The highest BCUT2D eigenvalue weighted by molar-refractivity contribution is 7.92. The summed E-state index contributed by atoms with van der Waals surface area (Å²) in [6.45, 7) is 2.69. The zero-order valence-electron chi connectivity index (χ0n) is 13.9. The molecule has 7 heteroatoms. The van der Waals surface area contributed by atoms with E-state index < -0.39 is 10.0 Å². The molecule has 1 aliphatic rings. The maximum Gasteiger partial charge on any atom is 0.229 e. The van der Waals surface area contributed by atoms with Crippen LogP contribution in [-0.2, 0) is 10.0 Å². The molecule has 1 saturated heterocycles. The van der Waals surface area contributed by atoms with E-state index in [0.717, 1.165) is 45.2 Å². The molecule has 0 aromatic heterocycles. The fourth-order valence-corrected chi connectivity index (χ4v) is 3.52. The zero-order chi connectivity index (χ0) is 17.6. The van der Waals surface area contributed by atoms with Gasteiger partial charge in [-0.15, -0.1) is 0 Å². The molecule has 0 unspecified atom stereocenters. The largest absolute Gasteiger partial charge is 0.303 e. The number of nitrogens with one attached hydrogen (secondary N) is 1. The molecule has 1 aliphatic heterocycles. The standard InChI is InChI=1S/C17H23N3O3S/c1-24(22,23)19-16-6-4-14(5-7-16)17(21)15-8-12-20(13-9-15)11-3-2-10-18/h4-7,15,19H,2-3,8-9,11-13H2,1H3. The molecule has 1 aromatic rings. The quantitative estimate of drug-likeness (QED) is 0.602. The van der Waals surface area contributed by atoms with Crippen LogP contribution in [0, 0.1) is 17.2 Å². The van der Waals surface area contributed by atoms with Crippen molar-refractivity contribution >= 4 is 21.5 Å². The van der Waals surface area contributed by atoms with E-state index in [2.05, 4.69) is 15.7 Å². The summed E-state index contributed by atoms with van der Waals surface area (Å²) in [5.41, 5.74) is 1.08. The van der Waals surface area contributed by atoms with Crippen LogP contribution in [0.25, 0.3) is 0 Å². The summed E-state index contributed by atoms with van der Waals surface area (Å²) in [6.07, 6.45) is 4.20. The summed E-state index contributed by atoms with van der Waals surface area (Å²) in [5, 5.41) is 8.57. The number of hydrogen-bond donors (Lipinski definition) is 1. The highest BCUT2D eigenvalue weighted by Gasteiger charge is 2.25. The maximum absolute atomic E-state index is 12.6. The molecule has 0 amide bonds. The Labute approximate surface area is 143 Å². The fourth-order valence-electron chi connectivity index (χ4n) is 2.95. The Balaban J connectivity index is 1.88. The maximum atomic E-state index is 12.6. The van der Waals surface area contributed by atoms with E-state index in [1.165, 1.54) is 0 Å². The Bertz CT molecular complexity index is 700. The Hall–Kier alpha value is -1.91. The zero-order valence-corrected chi connectivity index (χ0v) is 14.7. The minimum Gasteiger partial charge on any atom is -0.303 e. The first-order chi connectivity index (χ1) is 11.4. The number of unbranched alkanes of at least 4 members (excludes halogenated alkanes) is 1. The first kappa shape index (κ1) is 18.4. The number of likely N-dealkylation sites (tertiary alicyclic amines) is 1. The molecule has 1 N–H and O–H groups in total. The van der Waals surface area contributed by atoms with Crippen molar-refractivity contribution in [2.45, 2.75) is 25.7 Å². The predicted octanol–water partition coefficient (Wildman–Crippen LogP) is 2.26. The van der Waals surface area contributed by atoms with Gasteiger partial charge in [-0.25, -0.2) is 8.42 Å². The number of anilines is 1. The van der Waals surface area contributed by atoms with Gasteiger partial charge in [-0.1, -0.05) is 0 Å². The van der Waals surface area contributed by atoms with E-state index >= 15 is 0 Å². The first-order valence-corrected chi connectivity index (χ1v) is 9.99. The third kappa shape index (κ3) is 5.62. The van der Waals surface area contributed by atoms with E-state index in [1.54, 1.807) is 24.3 Å². The summed E-state index contributed by atoms with van der Waals surface area (Å²) in [4.78, 5) is 14.9. The third-order valence-corrected chi connectivity index (χ3v) is 4.80. The minimum absolute atomic E-state index is 0.0194. The number of hydrogen-bond acceptors (Lipinski definition) is 5. The normalized spacial score (nSPS) is 16.5. The molecule has 0 bridgehead atoms.